The molecule has 0 bridgehead atoms. The zero-order valence-electron chi connectivity index (χ0n) is 10.8. The fourth-order valence-electron chi connectivity index (χ4n) is 1.70. The van der Waals surface area contributed by atoms with Crippen molar-refractivity contribution in [1.29, 1.82) is 0 Å². The van der Waals surface area contributed by atoms with Crippen molar-refractivity contribution in [3.8, 4) is 0 Å². The number of aryl methyl sites for hydroxylation is 3. The molecule has 2 aromatic heterocycles. The van der Waals surface area contributed by atoms with Gasteiger partial charge in [0.05, 0.1) is 24.0 Å². The van der Waals surface area contributed by atoms with Crippen LogP contribution in [0.2, 0.25) is 0 Å². The molecule has 0 saturated carbocycles. The van der Waals surface area contributed by atoms with E-state index in [1.54, 1.807) is 10.9 Å². The Hall–Kier alpha value is -2.04. The molecule has 0 radical (unpaired) electrons. The van der Waals surface area contributed by atoms with Crippen LogP contribution in [-0.4, -0.2) is 25.5 Å². The lowest BCUT2D eigenvalue weighted by Gasteiger charge is -2.01. The topological polar surface area (TPSA) is 60.7 Å². The maximum Gasteiger partial charge on any atom is 0.188 e. The van der Waals surface area contributed by atoms with Gasteiger partial charge in [0.15, 0.2) is 5.78 Å². The molecule has 5 nitrogen and oxygen atoms in total. The quantitative estimate of drug-likeness (QED) is 0.765. The molecule has 18 heavy (non-hydrogen) atoms. The molecule has 0 aliphatic heterocycles. The van der Waals surface area contributed by atoms with Crippen molar-refractivity contribution in [3.05, 3.63) is 41.2 Å². The Bertz CT molecular complexity index is 557. The Balaban J connectivity index is 2.15. The number of aromatic nitrogens is 4. The van der Waals surface area contributed by atoms with Crippen LogP contribution in [0.1, 0.15) is 34.5 Å². The Kier molecular flexibility index (Phi) is 3.50. The van der Waals surface area contributed by atoms with Gasteiger partial charge < -0.3 is 0 Å². The smallest absolute Gasteiger partial charge is 0.188 e. The van der Waals surface area contributed by atoms with Gasteiger partial charge in [-0.25, -0.2) is 4.98 Å². The third-order valence-electron chi connectivity index (χ3n) is 2.80. The Morgan fingerprint density at radius 2 is 2.11 bits per heavy atom. The Morgan fingerprint density at radius 3 is 2.67 bits per heavy atom. The van der Waals surface area contributed by atoms with Crippen LogP contribution in [0, 0.1) is 6.92 Å². The molecule has 0 aromatic carbocycles. The second kappa shape index (κ2) is 5.08. The molecular weight excluding hydrogens is 228 g/mol. The number of carbonyl (C=O) groups is 1. The second-order valence-corrected chi connectivity index (χ2v) is 4.25. The summed E-state index contributed by atoms with van der Waals surface area (Å²) >= 11 is 0. The molecule has 0 N–H and O–H groups in total. The highest BCUT2D eigenvalue weighted by molar-refractivity contribution is 5.95. The molecule has 0 fully saturated rings. The van der Waals surface area contributed by atoms with Gasteiger partial charge in [0.25, 0.3) is 0 Å². The van der Waals surface area contributed by atoms with Crippen molar-refractivity contribution < 1.29 is 4.79 Å². The number of ketones is 1. The van der Waals surface area contributed by atoms with Gasteiger partial charge in [-0.3, -0.25) is 14.5 Å². The standard InChI is InChI=1S/C13H16N4O/c1-4-10-5-11(17(3)16-10)6-13(18)12-8-14-9(2)7-15-12/h5,7-8H,4,6H2,1-3H3. The van der Waals surface area contributed by atoms with E-state index in [9.17, 15) is 4.79 Å². The summed E-state index contributed by atoms with van der Waals surface area (Å²) in [6.07, 6.45) is 4.30. The summed E-state index contributed by atoms with van der Waals surface area (Å²) in [7, 11) is 1.85. The van der Waals surface area contributed by atoms with Crippen LogP contribution in [-0.2, 0) is 19.9 Å². The van der Waals surface area contributed by atoms with E-state index in [2.05, 4.69) is 15.1 Å². The first kappa shape index (κ1) is 12.4. The molecule has 0 unspecified atom stereocenters. The van der Waals surface area contributed by atoms with Gasteiger partial charge in [-0.2, -0.15) is 5.10 Å². The molecule has 0 atom stereocenters. The summed E-state index contributed by atoms with van der Waals surface area (Å²) in [6, 6.07) is 1.96. The van der Waals surface area contributed by atoms with Gasteiger partial charge in [0.2, 0.25) is 0 Å². The molecule has 0 spiro atoms. The van der Waals surface area contributed by atoms with Crippen molar-refractivity contribution in [3.63, 3.8) is 0 Å². The normalized spacial score (nSPS) is 10.6. The van der Waals surface area contributed by atoms with Crippen molar-refractivity contribution in [2.45, 2.75) is 26.7 Å². The van der Waals surface area contributed by atoms with Crippen LogP contribution in [0.15, 0.2) is 18.5 Å². The molecule has 0 saturated heterocycles. The van der Waals surface area contributed by atoms with Gasteiger partial charge in [0, 0.05) is 18.9 Å². The highest BCUT2D eigenvalue weighted by atomic mass is 16.1. The largest absolute Gasteiger partial charge is 0.292 e. The maximum atomic E-state index is 12.0. The minimum Gasteiger partial charge on any atom is -0.292 e. The fourth-order valence-corrected chi connectivity index (χ4v) is 1.70. The lowest BCUT2D eigenvalue weighted by molar-refractivity contribution is 0.0985. The van der Waals surface area contributed by atoms with E-state index >= 15 is 0 Å². The molecule has 5 heteroatoms. The van der Waals surface area contributed by atoms with Gasteiger partial charge in [-0.15, -0.1) is 0 Å². The van der Waals surface area contributed by atoms with Gasteiger partial charge in [0.1, 0.15) is 5.69 Å². The van der Waals surface area contributed by atoms with Crippen molar-refractivity contribution in [2.24, 2.45) is 7.05 Å². The number of rotatable bonds is 4. The minimum absolute atomic E-state index is 0.0341. The first-order valence-electron chi connectivity index (χ1n) is 5.93. The predicted octanol–water partition coefficient (Wildman–Crippen LogP) is 1.51. The lowest BCUT2D eigenvalue weighted by Crippen LogP contribution is -2.10. The lowest BCUT2D eigenvalue weighted by atomic mass is 10.1. The first-order valence-corrected chi connectivity index (χ1v) is 5.93. The van der Waals surface area contributed by atoms with Crippen LogP contribution < -0.4 is 0 Å². The second-order valence-electron chi connectivity index (χ2n) is 4.25. The molecule has 94 valence electrons. The Labute approximate surface area is 106 Å². The van der Waals surface area contributed by atoms with Gasteiger partial charge in [-0.05, 0) is 19.4 Å². The monoisotopic (exact) mass is 244 g/mol. The summed E-state index contributed by atoms with van der Waals surface area (Å²) in [5.41, 5.74) is 3.11. The van der Waals surface area contributed by atoms with Gasteiger partial charge >= 0.3 is 0 Å². The third-order valence-corrected chi connectivity index (χ3v) is 2.80. The molecule has 0 aliphatic carbocycles. The number of carbonyl (C=O) groups excluding carboxylic acids is 1. The summed E-state index contributed by atoms with van der Waals surface area (Å²) in [5.74, 6) is -0.0341. The number of hydrogen-bond acceptors (Lipinski definition) is 4. The van der Waals surface area contributed by atoms with Crippen LogP contribution in [0.3, 0.4) is 0 Å². The molecule has 0 amide bonds. The summed E-state index contributed by atoms with van der Waals surface area (Å²) in [5, 5.41) is 4.32. The van der Waals surface area contributed by atoms with Crippen molar-refractivity contribution in [2.75, 3.05) is 0 Å². The number of nitrogens with zero attached hydrogens (tertiary/aromatic N) is 4. The predicted molar refractivity (Wildman–Crippen MR) is 67.4 cm³/mol. The molecular formula is C13H16N4O. The van der Waals surface area contributed by atoms with Crippen molar-refractivity contribution in [1.82, 2.24) is 19.7 Å². The van der Waals surface area contributed by atoms with E-state index in [4.69, 9.17) is 0 Å². The first-order chi connectivity index (χ1) is 8.60. The zero-order valence-corrected chi connectivity index (χ0v) is 10.8. The van der Waals surface area contributed by atoms with E-state index in [0.717, 1.165) is 23.5 Å². The average molecular weight is 244 g/mol. The molecule has 2 aromatic rings. The maximum absolute atomic E-state index is 12.0. The van der Waals surface area contributed by atoms with Crippen LogP contribution in [0.25, 0.3) is 0 Å². The number of hydrogen-bond donors (Lipinski definition) is 0. The third kappa shape index (κ3) is 2.61. The highest BCUT2D eigenvalue weighted by Gasteiger charge is 2.12. The zero-order chi connectivity index (χ0) is 13.1. The van der Waals surface area contributed by atoms with E-state index in [1.807, 2.05) is 27.0 Å². The van der Waals surface area contributed by atoms with E-state index < -0.39 is 0 Å². The van der Waals surface area contributed by atoms with Crippen LogP contribution >= 0.6 is 0 Å². The average Bonchev–Trinajstić information content (AvgIpc) is 2.71. The van der Waals surface area contributed by atoms with E-state index in [1.165, 1.54) is 6.20 Å². The minimum atomic E-state index is -0.0341. The van der Waals surface area contributed by atoms with Crippen LogP contribution in [0.5, 0.6) is 0 Å². The van der Waals surface area contributed by atoms with E-state index in [0.29, 0.717) is 12.1 Å². The summed E-state index contributed by atoms with van der Waals surface area (Å²) < 4.78 is 1.75. The molecule has 2 heterocycles. The van der Waals surface area contributed by atoms with Crippen molar-refractivity contribution >= 4 is 5.78 Å². The van der Waals surface area contributed by atoms with E-state index in [-0.39, 0.29) is 5.78 Å². The molecule has 0 aliphatic rings. The van der Waals surface area contributed by atoms with Crippen LogP contribution in [0.4, 0.5) is 0 Å². The summed E-state index contributed by atoms with van der Waals surface area (Å²) in [4.78, 5) is 20.2. The van der Waals surface area contributed by atoms with Gasteiger partial charge in [-0.1, -0.05) is 6.92 Å². The highest BCUT2D eigenvalue weighted by Crippen LogP contribution is 2.08. The Morgan fingerprint density at radius 1 is 1.33 bits per heavy atom. The SMILES string of the molecule is CCc1cc(CC(=O)c2cnc(C)cn2)n(C)n1. The number of Topliss-reactive ketones (excluding diaryl/α,β-unsaturated/α-hetero) is 1. The molecule has 2 rings (SSSR count). The summed E-state index contributed by atoms with van der Waals surface area (Å²) in [6.45, 7) is 3.88. The fraction of sp³-hybridized carbons (Fsp3) is 0.385.